The summed E-state index contributed by atoms with van der Waals surface area (Å²) in [7, 11) is -2.89. The molecule has 2 nitrogen and oxygen atoms in total. The van der Waals surface area contributed by atoms with Crippen molar-refractivity contribution in [1.29, 1.82) is 0 Å². The minimum Gasteiger partial charge on any atom is -0.224 e. The van der Waals surface area contributed by atoms with Crippen LogP contribution in [-0.4, -0.2) is 14.2 Å². The molecule has 0 atom stereocenters. The van der Waals surface area contributed by atoms with Gasteiger partial charge in [-0.25, -0.2) is 8.42 Å². The fourth-order valence-corrected chi connectivity index (χ4v) is 1.22. The molecule has 0 amide bonds. The maximum absolute atomic E-state index is 10.9. The highest BCUT2D eigenvalue weighted by Crippen LogP contribution is 2.04. The van der Waals surface area contributed by atoms with Gasteiger partial charge in [0.25, 0.3) is 0 Å². The van der Waals surface area contributed by atoms with E-state index in [1.165, 1.54) is 0 Å². The highest BCUT2D eigenvalue weighted by atomic mass is 32.2. The van der Waals surface area contributed by atoms with Crippen molar-refractivity contribution in [2.24, 2.45) is 0 Å². The van der Waals surface area contributed by atoms with Crippen molar-refractivity contribution in [1.82, 2.24) is 0 Å². The Kier molecular flexibility index (Phi) is 2.91. The first-order valence-electron chi connectivity index (χ1n) is 2.90. The summed E-state index contributed by atoms with van der Waals surface area (Å²) in [5.74, 6) is 0.198. The van der Waals surface area contributed by atoms with E-state index < -0.39 is 9.84 Å². The normalized spacial score (nSPS) is 13.9. The fourth-order valence-electron chi connectivity index (χ4n) is 0.407. The molecule has 54 valence electrons. The lowest BCUT2D eigenvalue weighted by Crippen LogP contribution is -2.03. The molecule has 0 bridgehead atoms. The molecule has 0 N–H and O–H groups in total. The van der Waals surface area contributed by atoms with Crippen LogP contribution >= 0.6 is 0 Å². The van der Waals surface area contributed by atoms with Crippen LogP contribution in [0.2, 0.25) is 0 Å². The van der Waals surface area contributed by atoms with E-state index >= 15 is 0 Å². The first-order chi connectivity index (χ1) is 4.04. The molecule has 0 fully saturated rings. The summed E-state index contributed by atoms with van der Waals surface area (Å²) < 4.78 is 21.7. The smallest absolute Gasteiger partial charge is 0.173 e. The molecule has 3 heteroatoms. The van der Waals surface area contributed by atoms with E-state index in [-0.39, 0.29) is 5.75 Å². The molecule has 0 radical (unpaired) electrons. The molecule has 0 aliphatic heterocycles. The lowest BCUT2D eigenvalue weighted by Gasteiger charge is -1.96. The Morgan fingerprint density at radius 2 is 2.00 bits per heavy atom. The van der Waals surface area contributed by atoms with Gasteiger partial charge in [-0.15, -0.1) is 0 Å². The van der Waals surface area contributed by atoms with Gasteiger partial charge in [-0.05, 0) is 13.8 Å². The second-order valence-electron chi connectivity index (χ2n) is 1.80. The maximum atomic E-state index is 10.9. The van der Waals surface area contributed by atoms with E-state index in [2.05, 4.69) is 0 Å². The van der Waals surface area contributed by atoms with Crippen LogP contribution in [0.4, 0.5) is 0 Å². The molecule has 0 saturated heterocycles. The van der Waals surface area contributed by atoms with Crippen LogP contribution in [0, 0.1) is 0 Å². The minimum absolute atomic E-state index is 0.198. The monoisotopic (exact) mass is 148 g/mol. The van der Waals surface area contributed by atoms with Crippen molar-refractivity contribution < 1.29 is 8.42 Å². The van der Waals surface area contributed by atoms with Crippen LogP contribution in [0.5, 0.6) is 0 Å². The zero-order valence-electron chi connectivity index (χ0n) is 6.01. The summed E-state index contributed by atoms with van der Waals surface area (Å²) in [4.78, 5) is 0.463. The van der Waals surface area contributed by atoms with Gasteiger partial charge in [-0.3, -0.25) is 0 Å². The van der Waals surface area contributed by atoms with Crippen molar-refractivity contribution in [2.75, 3.05) is 5.75 Å². The summed E-state index contributed by atoms with van der Waals surface area (Å²) in [6.07, 6.45) is 1.61. The van der Waals surface area contributed by atoms with Crippen LogP contribution in [-0.2, 0) is 9.84 Å². The number of rotatable bonds is 2. The van der Waals surface area contributed by atoms with Gasteiger partial charge >= 0.3 is 0 Å². The topological polar surface area (TPSA) is 34.1 Å². The van der Waals surface area contributed by atoms with Gasteiger partial charge in [-0.2, -0.15) is 0 Å². The SMILES string of the molecule is C/C=C(\C)S(=O)(=O)CC. The van der Waals surface area contributed by atoms with Gasteiger partial charge in [0.1, 0.15) is 0 Å². The second kappa shape index (κ2) is 3.01. The molecule has 0 unspecified atom stereocenters. The molecule has 0 aliphatic rings. The second-order valence-corrected chi connectivity index (χ2v) is 4.25. The Morgan fingerprint density at radius 1 is 1.56 bits per heavy atom. The van der Waals surface area contributed by atoms with E-state index in [0.29, 0.717) is 4.91 Å². The largest absolute Gasteiger partial charge is 0.224 e. The molecule has 0 aromatic carbocycles. The highest BCUT2D eigenvalue weighted by molar-refractivity contribution is 7.95. The summed E-state index contributed by atoms with van der Waals surface area (Å²) in [5, 5.41) is 0. The molecule has 0 aromatic rings. The van der Waals surface area contributed by atoms with Crippen LogP contribution in [0.3, 0.4) is 0 Å². The summed E-state index contributed by atoms with van der Waals surface area (Å²) in [6, 6.07) is 0. The Labute approximate surface area is 56.5 Å². The third-order valence-corrected chi connectivity index (χ3v) is 3.25. The number of sulfone groups is 1. The Morgan fingerprint density at radius 3 is 2.11 bits per heavy atom. The van der Waals surface area contributed by atoms with Gasteiger partial charge < -0.3 is 0 Å². The molecule has 0 saturated carbocycles. The molecule has 0 aromatic heterocycles. The minimum atomic E-state index is -2.89. The average Bonchev–Trinajstić information content (AvgIpc) is 1.86. The molecule has 0 heterocycles. The van der Waals surface area contributed by atoms with Gasteiger partial charge in [0, 0.05) is 4.91 Å². The van der Waals surface area contributed by atoms with Crippen molar-refractivity contribution >= 4 is 9.84 Å². The first-order valence-corrected chi connectivity index (χ1v) is 4.55. The molecule has 0 rings (SSSR count). The van der Waals surface area contributed by atoms with E-state index in [9.17, 15) is 8.42 Å². The van der Waals surface area contributed by atoms with Crippen molar-refractivity contribution in [3.8, 4) is 0 Å². The molecule has 9 heavy (non-hydrogen) atoms. The zero-order valence-corrected chi connectivity index (χ0v) is 6.83. The average molecular weight is 148 g/mol. The van der Waals surface area contributed by atoms with E-state index in [1.54, 1.807) is 26.8 Å². The maximum Gasteiger partial charge on any atom is 0.173 e. The predicted octanol–water partition coefficient (Wildman–Crippen LogP) is 1.34. The van der Waals surface area contributed by atoms with E-state index in [4.69, 9.17) is 0 Å². The Hall–Kier alpha value is -0.310. The fraction of sp³-hybridized carbons (Fsp3) is 0.667. The highest BCUT2D eigenvalue weighted by Gasteiger charge is 2.07. The summed E-state index contributed by atoms with van der Waals surface area (Å²) in [6.45, 7) is 4.98. The third-order valence-electron chi connectivity index (χ3n) is 1.28. The lowest BCUT2D eigenvalue weighted by molar-refractivity contribution is 0.603. The van der Waals surface area contributed by atoms with Crippen LogP contribution in [0.1, 0.15) is 20.8 Å². The Bertz CT molecular complexity index is 199. The molecule has 0 spiro atoms. The van der Waals surface area contributed by atoms with Crippen molar-refractivity contribution in [2.45, 2.75) is 20.8 Å². The van der Waals surface area contributed by atoms with E-state index in [0.717, 1.165) is 0 Å². The molecular formula is C6H12O2S. The van der Waals surface area contributed by atoms with Gasteiger partial charge in [0.05, 0.1) is 5.75 Å². The van der Waals surface area contributed by atoms with Gasteiger partial charge in [-0.1, -0.05) is 13.0 Å². The first kappa shape index (κ1) is 8.69. The quantitative estimate of drug-likeness (QED) is 0.592. The molecular weight excluding hydrogens is 136 g/mol. The summed E-state index contributed by atoms with van der Waals surface area (Å²) in [5.41, 5.74) is 0. The number of hydrogen-bond donors (Lipinski definition) is 0. The molecule has 0 aliphatic carbocycles. The van der Waals surface area contributed by atoms with Crippen molar-refractivity contribution in [3.05, 3.63) is 11.0 Å². The summed E-state index contributed by atoms with van der Waals surface area (Å²) >= 11 is 0. The van der Waals surface area contributed by atoms with Gasteiger partial charge in [0.15, 0.2) is 9.84 Å². The standard InChI is InChI=1S/C6H12O2S/c1-4-6(3)9(7,8)5-2/h4H,5H2,1-3H3/b6-4+. The van der Waals surface area contributed by atoms with Gasteiger partial charge in [0.2, 0.25) is 0 Å². The van der Waals surface area contributed by atoms with Crippen LogP contribution in [0.25, 0.3) is 0 Å². The van der Waals surface area contributed by atoms with E-state index in [1.807, 2.05) is 0 Å². The number of allylic oxidation sites excluding steroid dienone is 2. The number of hydrogen-bond acceptors (Lipinski definition) is 2. The van der Waals surface area contributed by atoms with Crippen LogP contribution in [0.15, 0.2) is 11.0 Å². The van der Waals surface area contributed by atoms with Crippen LogP contribution < -0.4 is 0 Å². The predicted molar refractivity (Wildman–Crippen MR) is 38.9 cm³/mol. The zero-order chi connectivity index (χ0) is 7.49. The lowest BCUT2D eigenvalue weighted by atomic mass is 10.6. The Balaban J connectivity index is 4.57. The third kappa shape index (κ3) is 2.18. The van der Waals surface area contributed by atoms with Crippen molar-refractivity contribution in [3.63, 3.8) is 0 Å².